The second kappa shape index (κ2) is 8.88. The molecule has 3 rings (SSSR count). The number of hydrogen-bond donors (Lipinski definition) is 1. The van der Waals surface area contributed by atoms with Crippen LogP contribution in [0, 0.1) is 6.92 Å². The van der Waals surface area contributed by atoms with Gasteiger partial charge in [-0.25, -0.2) is 0 Å². The van der Waals surface area contributed by atoms with Gasteiger partial charge < -0.3 is 10.2 Å². The molecule has 0 aliphatic carbocycles. The molecule has 0 fully saturated rings. The predicted octanol–water partition coefficient (Wildman–Crippen LogP) is 3.60. The molecule has 0 unspecified atom stereocenters. The van der Waals surface area contributed by atoms with Crippen molar-refractivity contribution in [2.75, 3.05) is 25.5 Å². The van der Waals surface area contributed by atoms with Crippen LogP contribution in [-0.4, -0.2) is 47.8 Å². The summed E-state index contributed by atoms with van der Waals surface area (Å²) in [5.41, 5.74) is 4.30. The van der Waals surface area contributed by atoms with Crippen molar-refractivity contribution < 1.29 is 9.59 Å². The smallest absolute Gasteiger partial charge is 0.239 e. The highest BCUT2D eigenvalue weighted by Gasteiger charge is 2.27. The van der Waals surface area contributed by atoms with E-state index in [0.717, 1.165) is 28.7 Å². The van der Waals surface area contributed by atoms with Crippen molar-refractivity contribution in [1.82, 2.24) is 9.80 Å². The Hall–Kier alpha value is -2.18. The van der Waals surface area contributed by atoms with Crippen LogP contribution < -0.4 is 5.32 Å². The van der Waals surface area contributed by atoms with Crippen LogP contribution in [0.4, 0.5) is 5.69 Å². The molecule has 1 heterocycles. The van der Waals surface area contributed by atoms with E-state index in [1.165, 1.54) is 11.1 Å². The third-order valence-electron chi connectivity index (χ3n) is 5.32. The molecule has 2 aromatic carbocycles. The Morgan fingerprint density at radius 2 is 1.93 bits per heavy atom. The van der Waals surface area contributed by atoms with Gasteiger partial charge in [0.05, 0.1) is 12.6 Å². The van der Waals surface area contributed by atoms with Crippen LogP contribution in [-0.2, 0) is 22.6 Å². The van der Waals surface area contributed by atoms with E-state index in [0.29, 0.717) is 6.54 Å². The molecule has 1 N–H and O–H groups in total. The van der Waals surface area contributed by atoms with Crippen molar-refractivity contribution in [2.24, 2.45) is 0 Å². The Labute approximate surface area is 174 Å². The maximum Gasteiger partial charge on any atom is 0.239 e. The molecule has 0 radical (unpaired) electrons. The fourth-order valence-electron chi connectivity index (χ4n) is 3.46. The van der Waals surface area contributed by atoms with E-state index in [9.17, 15) is 9.59 Å². The number of aryl methyl sites for hydroxylation is 1. The standard InChI is InChI=1S/C22H26BrN3O2/c1-15-12-19(23)8-9-20(15)24-21(27)14-25(3)16(2)22(28)26-11-10-17-6-4-5-7-18(17)13-26/h4-9,12,16H,10-11,13-14H2,1-3H3,(H,24,27)/t16-/m1/s1. The van der Waals surface area contributed by atoms with Gasteiger partial charge in [-0.15, -0.1) is 0 Å². The minimum Gasteiger partial charge on any atom is -0.337 e. The highest BCUT2D eigenvalue weighted by atomic mass is 79.9. The first-order valence-electron chi connectivity index (χ1n) is 9.47. The average molecular weight is 444 g/mol. The number of nitrogens with one attached hydrogen (secondary N) is 1. The molecule has 1 atom stereocenters. The summed E-state index contributed by atoms with van der Waals surface area (Å²) < 4.78 is 0.974. The molecular weight excluding hydrogens is 418 g/mol. The third kappa shape index (κ3) is 4.80. The molecule has 0 spiro atoms. The first-order chi connectivity index (χ1) is 13.3. The van der Waals surface area contributed by atoms with E-state index >= 15 is 0 Å². The van der Waals surface area contributed by atoms with Gasteiger partial charge in [0.15, 0.2) is 0 Å². The zero-order valence-corrected chi connectivity index (χ0v) is 18.1. The number of rotatable bonds is 5. The van der Waals surface area contributed by atoms with Crippen LogP contribution >= 0.6 is 15.9 Å². The normalized spacial score (nSPS) is 14.5. The monoisotopic (exact) mass is 443 g/mol. The van der Waals surface area contributed by atoms with Gasteiger partial charge in [0, 0.05) is 23.2 Å². The van der Waals surface area contributed by atoms with Gasteiger partial charge >= 0.3 is 0 Å². The highest BCUT2D eigenvalue weighted by molar-refractivity contribution is 9.10. The van der Waals surface area contributed by atoms with Crippen molar-refractivity contribution in [2.45, 2.75) is 32.9 Å². The Bertz CT molecular complexity index is 884. The Morgan fingerprint density at radius 1 is 1.21 bits per heavy atom. The van der Waals surface area contributed by atoms with Crippen LogP contribution in [0.3, 0.4) is 0 Å². The molecule has 5 nitrogen and oxygen atoms in total. The number of halogens is 1. The summed E-state index contributed by atoms with van der Waals surface area (Å²) in [6.07, 6.45) is 0.877. The number of anilines is 1. The Morgan fingerprint density at radius 3 is 2.64 bits per heavy atom. The van der Waals surface area contributed by atoms with E-state index in [4.69, 9.17) is 0 Å². The molecule has 1 aliphatic heterocycles. The number of benzene rings is 2. The maximum atomic E-state index is 12.9. The summed E-state index contributed by atoms with van der Waals surface area (Å²) in [6, 6.07) is 13.6. The zero-order valence-electron chi connectivity index (χ0n) is 16.5. The summed E-state index contributed by atoms with van der Waals surface area (Å²) in [4.78, 5) is 29.1. The predicted molar refractivity (Wildman–Crippen MR) is 115 cm³/mol. The van der Waals surface area contributed by atoms with E-state index < -0.39 is 0 Å². The average Bonchev–Trinajstić information content (AvgIpc) is 2.68. The summed E-state index contributed by atoms with van der Waals surface area (Å²) in [6.45, 7) is 5.33. The molecule has 0 bridgehead atoms. The van der Waals surface area contributed by atoms with Gasteiger partial charge in [0.1, 0.15) is 0 Å². The molecule has 0 saturated heterocycles. The van der Waals surface area contributed by atoms with Crippen LogP contribution in [0.15, 0.2) is 46.9 Å². The first kappa shape index (κ1) is 20.6. The van der Waals surface area contributed by atoms with Crippen LogP contribution in [0.2, 0.25) is 0 Å². The van der Waals surface area contributed by atoms with Crippen LogP contribution in [0.25, 0.3) is 0 Å². The second-order valence-corrected chi connectivity index (χ2v) is 8.29. The highest BCUT2D eigenvalue weighted by Crippen LogP contribution is 2.21. The number of likely N-dealkylation sites (N-methyl/N-ethyl adjacent to an activating group) is 1. The molecular formula is C22H26BrN3O2. The lowest BCUT2D eigenvalue weighted by Gasteiger charge is -2.33. The van der Waals surface area contributed by atoms with E-state index in [-0.39, 0.29) is 24.4 Å². The number of amides is 2. The molecule has 2 aromatic rings. The van der Waals surface area contributed by atoms with Gasteiger partial charge in [0.25, 0.3) is 0 Å². The summed E-state index contributed by atoms with van der Waals surface area (Å²) >= 11 is 3.42. The fraction of sp³-hybridized carbons (Fsp3) is 0.364. The lowest BCUT2D eigenvalue weighted by Crippen LogP contribution is -2.49. The van der Waals surface area contributed by atoms with Gasteiger partial charge in [-0.1, -0.05) is 40.2 Å². The minimum atomic E-state index is -0.359. The lowest BCUT2D eigenvalue weighted by molar-refractivity contribution is -0.137. The fourth-order valence-corrected chi connectivity index (χ4v) is 3.93. The molecule has 6 heteroatoms. The van der Waals surface area contributed by atoms with Crippen molar-refractivity contribution in [3.8, 4) is 0 Å². The number of carbonyl (C=O) groups is 2. The minimum absolute atomic E-state index is 0.0598. The van der Waals surface area contributed by atoms with Gasteiger partial charge in [-0.3, -0.25) is 14.5 Å². The maximum absolute atomic E-state index is 12.9. The molecule has 2 amide bonds. The van der Waals surface area contributed by atoms with Crippen molar-refractivity contribution in [3.05, 3.63) is 63.6 Å². The number of hydrogen-bond acceptors (Lipinski definition) is 3. The number of carbonyl (C=O) groups excluding carboxylic acids is 2. The Balaban J connectivity index is 1.57. The zero-order chi connectivity index (χ0) is 20.3. The van der Waals surface area contributed by atoms with Crippen LogP contribution in [0.1, 0.15) is 23.6 Å². The molecule has 0 saturated carbocycles. The quantitative estimate of drug-likeness (QED) is 0.767. The topological polar surface area (TPSA) is 52.7 Å². The van der Waals surface area contributed by atoms with Crippen molar-refractivity contribution >= 4 is 33.4 Å². The summed E-state index contributed by atoms with van der Waals surface area (Å²) in [5, 5.41) is 2.93. The molecule has 148 valence electrons. The van der Waals surface area contributed by atoms with E-state index in [2.05, 4.69) is 33.4 Å². The van der Waals surface area contributed by atoms with Crippen LogP contribution in [0.5, 0.6) is 0 Å². The number of nitrogens with zero attached hydrogens (tertiary/aromatic N) is 2. The van der Waals surface area contributed by atoms with Crippen molar-refractivity contribution in [1.29, 1.82) is 0 Å². The molecule has 1 aliphatic rings. The van der Waals surface area contributed by atoms with E-state index in [1.54, 1.807) is 4.90 Å². The van der Waals surface area contributed by atoms with Gasteiger partial charge in [-0.2, -0.15) is 0 Å². The largest absolute Gasteiger partial charge is 0.337 e. The SMILES string of the molecule is Cc1cc(Br)ccc1NC(=O)CN(C)[C@H](C)C(=O)N1CCc2ccccc2C1. The molecule has 0 aromatic heterocycles. The van der Waals surface area contributed by atoms with Gasteiger partial charge in [0.2, 0.25) is 11.8 Å². The summed E-state index contributed by atoms with van der Waals surface area (Å²) in [5.74, 6) is -0.0683. The van der Waals surface area contributed by atoms with Crippen molar-refractivity contribution in [3.63, 3.8) is 0 Å². The summed E-state index contributed by atoms with van der Waals surface area (Å²) in [7, 11) is 1.81. The lowest BCUT2D eigenvalue weighted by atomic mass is 9.99. The number of fused-ring (bicyclic) bond motifs is 1. The Kier molecular flexibility index (Phi) is 6.52. The second-order valence-electron chi connectivity index (χ2n) is 7.38. The van der Waals surface area contributed by atoms with Gasteiger partial charge in [-0.05, 0) is 62.2 Å². The first-order valence-corrected chi connectivity index (χ1v) is 10.3. The molecule has 28 heavy (non-hydrogen) atoms. The van der Waals surface area contributed by atoms with E-state index in [1.807, 2.05) is 56.1 Å². The third-order valence-corrected chi connectivity index (χ3v) is 5.81.